The van der Waals surface area contributed by atoms with Gasteiger partial charge in [0.05, 0.1) is 18.1 Å². The summed E-state index contributed by atoms with van der Waals surface area (Å²) in [5, 5.41) is 0. The Morgan fingerprint density at radius 3 is 2.50 bits per heavy atom. The van der Waals surface area contributed by atoms with E-state index in [0.717, 1.165) is 16.9 Å². The van der Waals surface area contributed by atoms with Gasteiger partial charge in [-0.2, -0.15) is 0 Å². The van der Waals surface area contributed by atoms with Crippen LogP contribution < -0.4 is 4.74 Å². The lowest BCUT2D eigenvalue weighted by atomic mass is 10.1. The van der Waals surface area contributed by atoms with Crippen molar-refractivity contribution in [3.05, 3.63) is 70.6 Å². The molecule has 0 saturated carbocycles. The summed E-state index contributed by atoms with van der Waals surface area (Å²) in [6.07, 6.45) is 1.84. The van der Waals surface area contributed by atoms with Crippen LogP contribution in [0.3, 0.4) is 0 Å². The van der Waals surface area contributed by atoms with Crippen molar-refractivity contribution >= 4 is 40.3 Å². The standard InChI is InChI=1S/C19H17NO2S2/c1-13(14-8-4-3-5-9-14)20-18(21)17(24-19(20)23)12-15-10-6-7-11-16(15)22-2/h3-13H,1-2H3. The highest BCUT2D eigenvalue weighted by molar-refractivity contribution is 8.26. The summed E-state index contributed by atoms with van der Waals surface area (Å²) in [7, 11) is 1.62. The summed E-state index contributed by atoms with van der Waals surface area (Å²) >= 11 is 6.78. The fraction of sp³-hybridized carbons (Fsp3) is 0.158. The van der Waals surface area contributed by atoms with E-state index in [1.54, 1.807) is 12.0 Å². The Labute approximate surface area is 151 Å². The van der Waals surface area contributed by atoms with Crippen molar-refractivity contribution in [3.63, 3.8) is 0 Å². The molecule has 1 amide bonds. The molecule has 24 heavy (non-hydrogen) atoms. The maximum Gasteiger partial charge on any atom is 0.266 e. The molecule has 1 aliphatic rings. The SMILES string of the molecule is COc1ccccc1C=C1SC(=S)N(C(C)c2ccccc2)C1=O. The first-order valence-electron chi connectivity index (χ1n) is 7.57. The van der Waals surface area contributed by atoms with E-state index in [4.69, 9.17) is 17.0 Å². The number of hydrogen-bond acceptors (Lipinski definition) is 4. The van der Waals surface area contributed by atoms with Crippen LogP contribution in [0.5, 0.6) is 5.75 Å². The Balaban J connectivity index is 1.90. The van der Waals surface area contributed by atoms with E-state index in [1.807, 2.05) is 67.6 Å². The average molecular weight is 355 g/mol. The highest BCUT2D eigenvalue weighted by Crippen LogP contribution is 2.38. The molecule has 1 aliphatic heterocycles. The van der Waals surface area contributed by atoms with E-state index in [2.05, 4.69) is 0 Å². The van der Waals surface area contributed by atoms with Gasteiger partial charge >= 0.3 is 0 Å². The Morgan fingerprint density at radius 1 is 1.12 bits per heavy atom. The van der Waals surface area contributed by atoms with Crippen LogP contribution in [0.4, 0.5) is 0 Å². The molecular weight excluding hydrogens is 338 g/mol. The van der Waals surface area contributed by atoms with E-state index in [1.165, 1.54) is 11.8 Å². The second-order valence-electron chi connectivity index (χ2n) is 5.38. The monoisotopic (exact) mass is 355 g/mol. The van der Waals surface area contributed by atoms with E-state index in [-0.39, 0.29) is 11.9 Å². The largest absolute Gasteiger partial charge is 0.496 e. The first kappa shape index (κ1) is 16.7. The Hall–Kier alpha value is -2.11. The third-order valence-electron chi connectivity index (χ3n) is 3.92. The number of thiocarbonyl (C=S) groups is 1. The van der Waals surface area contributed by atoms with Crippen LogP contribution in [0, 0.1) is 0 Å². The summed E-state index contributed by atoms with van der Waals surface area (Å²) in [6, 6.07) is 17.4. The predicted octanol–water partition coefficient (Wildman–Crippen LogP) is 4.66. The molecule has 3 nitrogen and oxygen atoms in total. The number of rotatable bonds is 4. The van der Waals surface area contributed by atoms with Crippen molar-refractivity contribution in [2.75, 3.05) is 7.11 Å². The van der Waals surface area contributed by atoms with Gasteiger partial charge in [0, 0.05) is 5.56 Å². The molecule has 0 aliphatic carbocycles. The van der Waals surface area contributed by atoms with E-state index < -0.39 is 0 Å². The van der Waals surface area contributed by atoms with Crippen LogP contribution in [-0.2, 0) is 4.79 Å². The maximum atomic E-state index is 12.8. The average Bonchev–Trinajstić information content (AvgIpc) is 2.89. The van der Waals surface area contributed by atoms with Crippen molar-refractivity contribution < 1.29 is 9.53 Å². The molecule has 0 spiro atoms. The smallest absolute Gasteiger partial charge is 0.266 e. The number of carbonyl (C=O) groups excluding carboxylic acids is 1. The Morgan fingerprint density at radius 2 is 1.79 bits per heavy atom. The zero-order valence-corrected chi connectivity index (χ0v) is 15.1. The first-order chi connectivity index (χ1) is 11.6. The van der Waals surface area contributed by atoms with Crippen LogP contribution in [0.15, 0.2) is 59.5 Å². The van der Waals surface area contributed by atoms with Crippen LogP contribution in [0.1, 0.15) is 24.1 Å². The summed E-state index contributed by atoms with van der Waals surface area (Å²) in [5.74, 6) is 0.672. The lowest BCUT2D eigenvalue weighted by Crippen LogP contribution is -2.30. The normalized spacial score (nSPS) is 17.4. The fourth-order valence-corrected chi connectivity index (χ4v) is 4.03. The van der Waals surface area contributed by atoms with Gasteiger partial charge in [-0.15, -0.1) is 0 Å². The van der Waals surface area contributed by atoms with Crippen molar-refractivity contribution in [1.29, 1.82) is 0 Å². The third kappa shape index (κ3) is 3.23. The van der Waals surface area contributed by atoms with Gasteiger partial charge in [-0.1, -0.05) is 72.5 Å². The highest BCUT2D eigenvalue weighted by Gasteiger charge is 2.35. The first-order valence-corrected chi connectivity index (χ1v) is 8.79. The summed E-state index contributed by atoms with van der Waals surface area (Å²) in [4.78, 5) is 15.1. The van der Waals surface area contributed by atoms with Gasteiger partial charge < -0.3 is 4.74 Å². The van der Waals surface area contributed by atoms with Crippen LogP contribution in [-0.4, -0.2) is 22.2 Å². The number of carbonyl (C=O) groups is 1. The zero-order chi connectivity index (χ0) is 17.1. The molecule has 3 rings (SSSR count). The molecule has 1 saturated heterocycles. The molecule has 0 radical (unpaired) electrons. The molecule has 1 heterocycles. The van der Waals surface area contributed by atoms with Gasteiger partial charge in [-0.05, 0) is 24.6 Å². The van der Waals surface area contributed by atoms with Crippen molar-refractivity contribution in [3.8, 4) is 5.75 Å². The molecule has 2 aromatic carbocycles. The summed E-state index contributed by atoms with van der Waals surface area (Å²) in [6.45, 7) is 1.99. The summed E-state index contributed by atoms with van der Waals surface area (Å²) < 4.78 is 5.93. The molecule has 0 aromatic heterocycles. The number of para-hydroxylation sites is 1. The summed E-state index contributed by atoms with van der Waals surface area (Å²) in [5.41, 5.74) is 1.93. The third-order valence-corrected chi connectivity index (χ3v) is 5.25. The van der Waals surface area contributed by atoms with E-state index in [9.17, 15) is 4.79 Å². The van der Waals surface area contributed by atoms with Crippen molar-refractivity contribution in [2.24, 2.45) is 0 Å². The van der Waals surface area contributed by atoms with Crippen LogP contribution in [0.25, 0.3) is 6.08 Å². The molecule has 2 aromatic rings. The van der Waals surface area contributed by atoms with Gasteiger partial charge in [0.1, 0.15) is 10.1 Å². The number of hydrogen-bond donors (Lipinski definition) is 0. The minimum Gasteiger partial charge on any atom is -0.496 e. The molecule has 0 N–H and O–H groups in total. The Bertz CT molecular complexity index is 802. The van der Waals surface area contributed by atoms with E-state index >= 15 is 0 Å². The lowest BCUT2D eigenvalue weighted by Gasteiger charge is -2.23. The van der Waals surface area contributed by atoms with Crippen LogP contribution >= 0.6 is 24.0 Å². The minimum absolute atomic E-state index is 0.0627. The topological polar surface area (TPSA) is 29.5 Å². The van der Waals surface area contributed by atoms with Crippen LogP contribution in [0.2, 0.25) is 0 Å². The number of benzene rings is 2. The van der Waals surface area contributed by atoms with E-state index in [0.29, 0.717) is 9.23 Å². The lowest BCUT2D eigenvalue weighted by molar-refractivity contribution is -0.123. The molecular formula is C19H17NO2S2. The van der Waals surface area contributed by atoms with Gasteiger partial charge in [0.25, 0.3) is 5.91 Å². The number of nitrogens with zero attached hydrogens (tertiary/aromatic N) is 1. The zero-order valence-electron chi connectivity index (χ0n) is 13.4. The number of amides is 1. The fourth-order valence-electron chi connectivity index (χ4n) is 2.62. The highest BCUT2D eigenvalue weighted by atomic mass is 32.2. The minimum atomic E-state index is -0.0951. The molecule has 1 atom stereocenters. The molecule has 1 unspecified atom stereocenters. The maximum absolute atomic E-state index is 12.8. The van der Waals surface area contributed by atoms with Gasteiger partial charge in [0.15, 0.2) is 0 Å². The number of methoxy groups -OCH3 is 1. The molecule has 122 valence electrons. The Kier molecular flexibility index (Phi) is 5.02. The molecule has 5 heteroatoms. The second kappa shape index (κ2) is 7.20. The predicted molar refractivity (Wildman–Crippen MR) is 103 cm³/mol. The van der Waals surface area contributed by atoms with Crippen molar-refractivity contribution in [2.45, 2.75) is 13.0 Å². The molecule has 1 fully saturated rings. The van der Waals surface area contributed by atoms with Gasteiger partial charge in [-0.3, -0.25) is 9.69 Å². The second-order valence-corrected chi connectivity index (χ2v) is 7.06. The van der Waals surface area contributed by atoms with Gasteiger partial charge in [-0.25, -0.2) is 0 Å². The van der Waals surface area contributed by atoms with Crippen molar-refractivity contribution in [1.82, 2.24) is 4.90 Å². The molecule has 0 bridgehead atoms. The van der Waals surface area contributed by atoms with Gasteiger partial charge in [0.2, 0.25) is 0 Å². The quantitative estimate of drug-likeness (QED) is 0.589. The number of thioether (sulfide) groups is 1. The number of ether oxygens (including phenoxy) is 1.